The zero-order valence-electron chi connectivity index (χ0n) is 21.0. The summed E-state index contributed by atoms with van der Waals surface area (Å²) in [5.74, 6) is -0.191. The van der Waals surface area contributed by atoms with Crippen molar-refractivity contribution >= 4 is 17.7 Å². The van der Waals surface area contributed by atoms with Crippen molar-refractivity contribution < 1.29 is 23.0 Å². The Balaban J connectivity index is 1.19. The van der Waals surface area contributed by atoms with Gasteiger partial charge in [-0.2, -0.15) is 23.5 Å². The molecule has 9 nitrogen and oxygen atoms in total. The van der Waals surface area contributed by atoms with E-state index in [2.05, 4.69) is 31.4 Å². The summed E-state index contributed by atoms with van der Waals surface area (Å²) in [5.41, 5.74) is -0.174. The highest BCUT2D eigenvalue weighted by Gasteiger charge is 2.40. The van der Waals surface area contributed by atoms with Crippen LogP contribution in [0, 0.1) is 17.2 Å². The summed E-state index contributed by atoms with van der Waals surface area (Å²) in [5, 5.41) is 29.6. The normalized spacial score (nSPS) is 26.3. The van der Waals surface area contributed by atoms with Crippen molar-refractivity contribution in [2.75, 3.05) is 36.6 Å². The minimum Gasteiger partial charge on any atom is -0.380 e. The summed E-state index contributed by atoms with van der Waals surface area (Å²) in [4.78, 5) is 10.9. The van der Waals surface area contributed by atoms with Gasteiger partial charge in [0.05, 0.1) is 47.8 Å². The van der Waals surface area contributed by atoms with Gasteiger partial charge in [0.1, 0.15) is 17.5 Å². The van der Waals surface area contributed by atoms with Crippen molar-refractivity contribution in [3.8, 4) is 6.07 Å². The minimum absolute atomic E-state index is 0.260. The van der Waals surface area contributed by atoms with Gasteiger partial charge < -0.3 is 15.2 Å². The first-order chi connectivity index (χ1) is 18.2. The lowest BCUT2D eigenvalue weighted by molar-refractivity contribution is -0.137. The molecule has 0 aliphatic carbocycles. The fourth-order valence-corrected chi connectivity index (χ4v) is 5.38. The van der Waals surface area contributed by atoms with Gasteiger partial charge in [0.25, 0.3) is 0 Å². The number of rotatable bonds is 6. The number of hydrogen-bond acceptors (Lipinski definition) is 9. The van der Waals surface area contributed by atoms with E-state index in [-0.39, 0.29) is 11.9 Å². The van der Waals surface area contributed by atoms with Crippen molar-refractivity contribution in [3.05, 3.63) is 47.9 Å². The molecule has 5 rings (SSSR count). The maximum atomic E-state index is 12.8. The Kier molecular flexibility index (Phi) is 7.26. The van der Waals surface area contributed by atoms with Gasteiger partial charge in [0, 0.05) is 38.1 Å². The molecule has 0 amide bonds. The molecular weight excluding hydrogens is 499 g/mol. The molecule has 0 aromatic carbocycles. The summed E-state index contributed by atoms with van der Waals surface area (Å²) in [6.45, 7) is 5.01. The molecule has 2 fully saturated rings. The predicted molar refractivity (Wildman–Crippen MR) is 134 cm³/mol. The molecule has 12 heteroatoms. The number of pyridine rings is 2. The molecule has 2 aromatic rings. The van der Waals surface area contributed by atoms with Gasteiger partial charge in [-0.25, -0.2) is 9.99 Å². The molecule has 2 saturated heterocycles. The molecule has 0 bridgehead atoms. The van der Waals surface area contributed by atoms with Gasteiger partial charge >= 0.3 is 6.18 Å². The average molecular weight is 530 g/mol. The Morgan fingerprint density at radius 1 is 1.18 bits per heavy atom. The number of aromatic nitrogens is 2. The number of alkyl halides is 3. The number of hydrazone groups is 1. The van der Waals surface area contributed by atoms with Crippen molar-refractivity contribution in [1.82, 2.24) is 14.9 Å². The summed E-state index contributed by atoms with van der Waals surface area (Å²) >= 11 is 0. The van der Waals surface area contributed by atoms with Crippen molar-refractivity contribution in [2.45, 2.75) is 56.1 Å². The molecule has 38 heavy (non-hydrogen) atoms. The van der Waals surface area contributed by atoms with Crippen LogP contribution in [0.1, 0.15) is 37.4 Å². The lowest BCUT2D eigenvalue weighted by Gasteiger charge is -2.39. The average Bonchev–Trinajstić information content (AvgIpc) is 3.59. The number of ether oxygens (including phenoxy) is 1. The highest BCUT2D eigenvalue weighted by Crippen LogP contribution is 2.36. The van der Waals surface area contributed by atoms with Crippen LogP contribution in [0.3, 0.4) is 0 Å². The summed E-state index contributed by atoms with van der Waals surface area (Å²) < 4.78 is 44.0. The number of aliphatic hydroxyl groups is 1. The number of hydrogen-bond donors (Lipinski definition) is 2. The number of nitriles is 1. The molecule has 3 aliphatic heterocycles. The Morgan fingerprint density at radius 2 is 1.97 bits per heavy atom. The second kappa shape index (κ2) is 10.5. The molecule has 5 heterocycles. The van der Waals surface area contributed by atoms with E-state index in [1.54, 1.807) is 18.5 Å². The zero-order valence-corrected chi connectivity index (χ0v) is 21.0. The predicted octanol–water partition coefficient (Wildman–Crippen LogP) is 3.38. The molecule has 2 N–H and O–H groups in total. The molecule has 0 radical (unpaired) electrons. The highest BCUT2D eigenvalue weighted by atomic mass is 19.4. The topological polar surface area (TPSA) is 110 Å². The second-order valence-electron chi connectivity index (χ2n) is 10.1. The smallest absolute Gasteiger partial charge is 0.380 e. The van der Waals surface area contributed by atoms with E-state index in [4.69, 9.17) is 4.74 Å². The minimum atomic E-state index is -4.47. The first kappa shape index (κ1) is 26.3. The SMILES string of the molecule is CC1C(C(O)Nc2ccc(C3(C#N)CCN(C4CCOC4)CC3)nc2)C=NN1c1ccc(C(F)(F)F)cn1. The second-order valence-corrected chi connectivity index (χ2v) is 10.1. The van der Waals surface area contributed by atoms with Crippen LogP contribution in [0.25, 0.3) is 0 Å². The van der Waals surface area contributed by atoms with Gasteiger partial charge in [0.2, 0.25) is 0 Å². The largest absolute Gasteiger partial charge is 0.417 e. The first-order valence-corrected chi connectivity index (χ1v) is 12.7. The van der Waals surface area contributed by atoms with Crippen LogP contribution in [-0.2, 0) is 16.3 Å². The number of piperidine rings is 1. The van der Waals surface area contributed by atoms with Crippen molar-refractivity contribution in [2.24, 2.45) is 11.0 Å². The van der Waals surface area contributed by atoms with Crippen LogP contribution in [0.4, 0.5) is 24.7 Å². The standard InChI is InChI=1S/C26H30F3N7O2/c1-17-21(14-33-36(17)23-5-2-18(12-32-23)26(27,28)29)24(37)34-19-3-4-22(31-13-19)25(16-30)7-9-35(10-8-25)20-6-11-38-15-20/h2-5,12-14,17,20-21,24,34,37H,6-11,15H2,1H3. The Bertz CT molecular complexity index is 1170. The summed E-state index contributed by atoms with van der Waals surface area (Å²) in [6.07, 6.45) is 0.878. The zero-order chi connectivity index (χ0) is 26.9. The number of likely N-dealkylation sites (tertiary alicyclic amines) is 1. The van der Waals surface area contributed by atoms with E-state index in [1.807, 2.05) is 13.0 Å². The van der Waals surface area contributed by atoms with Crippen LogP contribution in [0.15, 0.2) is 41.8 Å². The Labute approximate surface area is 218 Å². The van der Waals surface area contributed by atoms with Gasteiger partial charge in [-0.15, -0.1) is 0 Å². The maximum absolute atomic E-state index is 12.8. The van der Waals surface area contributed by atoms with E-state index in [0.29, 0.717) is 24.6 Å². The molecule has 4 unspecified atom stereocenters. The van der Waals surface area contributed by atoms with Gasteiger partial charge in [-0.3, -0.25) is 9.88 Å². The third-order valence-electron chi connectivity index (χ3n) is 7.84. The summed E-state index contributed by atoms with van der Waals surface area (Å²) in [7, 11) is 0. The van der Waals surface area contributed by atoms with Gasteiger partial charge in [-0.1, -0.05) is 0 Å². The van der Waals surface area contributed by atoms with Crippen LogP contribution in [0.5, 0.6) is 0 Å². The van der Waals surface area contributed by atoms with E-state index >= 15 is 0 Å². The fraction of sp³-hybridized carbons (Fsp3) is 0.538. The Hall–Kier alpha value is -3.27. The van der Waals surface area contributed by atoms with Crippen molar-refractivity contribution in [1.29, 1.82) is 5.26 Å². The molecular formula is C26H30F3N7O2. The number of aliphatic hydroxyl groups excluding tert-OH is 1. The van der Waals surface area contributed by atoms with Gasteiger partial charge in [-0.05, 0) is 50.5 Å². The first-order valence-electron chi connectivity index (χ1n) is 12.7. The lowest BCUT2D eigenvalue weighted by atomic mass is 9.76. The van der Waals surface area contributed by atoms with Crippen LogP contribution in [-0.4, -0.2) is 70.8 Å². The highest BCUT2D eigenvalue weighted by molar-refractivity contribution is 5.70. The van der Waals surface area contributed by atoms with E-state index in [9.17, 15) is 23.5 Å². The third-order valence-corrected chi connectivity index (χ3v) is 7.84. The van der Waals surface area contributed by atoms with Crippen LogP contribution >= 0.6 is 0 Å². The van der Waals surface area contributed by atoms with Crippen LogP contribution in [0.2, 0.25) is 0 Å². The van der Waals surface area contributed by atoms with E-state index in [1.165, 1.54) is 11.1 Å². The number of halogens is 3. The quantitative estimate of drug-likeness (QED) is 0.549. The monoisotopic (exact) mass is 529 g/mol. The molecule has 0 saturated carbocycles. The number of anilines is 2. The van der Waals surface area contributed by atoms with E-state index < -0.39 is 29.3 Å². The summed E-state index contributed by atoms with van der Waals surface area (Å²) in [6, 6.07) is 8.43. The molecule has 4 atom stereocenters. The third kappa shape index (κ3) is 5.18. The Morgan fingerprint density at radius 3 is 2.55 bits per heavy atom. The number of nitrogens with one attached hydrogen (secondary N) is 1. The lowest BCUT2D eigenvalue weighted by Crippen LogP contribution is -2.47. The van der Waals surface area contributed by atoms with Crippen molar-refractivity contribution in [3.63, 3.8) is 0 Å². The molecule has 0 spiro atoms. The molecule has 2 aromatic heterocycles. The van der Waals surface area contributed by atoms with E-state index in [0.717, 1.165) is 50.7 Å². The number of nitrogens with zero attached hydrogens (tertiary/aromatic N) is 6. The maximum Gasteiger partial charge on any atom is 0.417 e. The fourth-order valence-electron chi connectivity index (χ4n) is 5.38. The molecule has 202 valence electrons. The van der Waals surface area contributed by atoms with Gasteiger partial charge in [0.15, 0.2) is 0 Å². The van der Waals surface area contributed by atoms with Crippen LogP contribution < -0.4 is 10.3 Å². The molecule has 3 aliphatic rings.